The molecule has 0 saturated heterocycles. The highest BCUT2D eigenvalue weighted by atomic mass is 14.0. The molecule has 0 aromatic rings. The monoisotopic (exact) mass is 261 g/mol. The maximum Gasteiger partial charge on any atom is -0.00885 e. The molecule has 0 aromatic heterocycles. The summed E-state index contributed by atoms with van der Waals surface area (Å²) in [6.07, 6.45) is 27.4. The number of hydrogen-bond donors (Lipinski definition) is 0. The zero-order chi connectivity index (χ0) is 13.6. The Morgan fingerprint density at radius 3 is 1.79 bits per heavy atom. The van der Waals surface area contributed by atoms with Gasteiger partial charge in [-0.1, -0.05) is 89.7 Å². The lowest BCUT2D eigenvalue weighted by atomic mass is 10.0. The Labute approximate surface area is 121 Å². The maximum absolute atomic E-state index is 3.40. The topological polar surface area (TPSA) is 0 Å². The molecule has 109 valence electrons. The number of unbranched alkanes of at least 4 members (excludes halogenated alkanes) is 11. The minimum absolute atomic E-state index is 1.05. The molecule has 0 nitrogen and oxygen atoms in total. The van der Waals surface area contributed by atoms with Gasteiger partial charge in [-0.3, -0.25) is 0 Å². The highest BCUT2D eigenvalue weighted by Crippen LogP contribution is 2.17. The van der Waals surface area contributed by atoms with E-state index in [-0.39, 0.29) is 0 Å². The lowest BCUT2D eigenvalue weighted by molar-refractivity contribution is 0.544. The highest BCUT2D eigenvalue weighted by Gasteiger charge is 1.98. The van der Waals surface area contributed by atoms with E-state index in [9.17, 15) is 0 Å². The van der Waals surface area contributed by atoms with E-state index in [0.717, 1.165) is 6.42 Å². The van der Waals surface area contributed by atoms with Crippen LogP contribution in [0.2, 0.25) is 0 Å². The van der Waals surface area contributed by atoms with Gasteiger partial charge in [0.05, 0.1) is 0 Å². The summed E-state index contributed by atoms with van der Waals surface area (Å²) in [5.41, 5.74) is 1.45. The molecule has 0 spiro atoms. The Balaban J connectivity index is 1.70. The first-order chi connectivity index (χ1) is 9.43. The molecule has 0 unspecified atom stereocenters. The van der Waals surface area contributed by atoms with Crippen LogP contribution in [0.15, 0.2) is 17.7 Å². The van der Waals surface area contributed by atoms with Crippen molar-refractivity contribution in [3.05, 3.63) is 23.8 Å². The summed E-state index contributed by atoms with van der Waals surface area (Å²) in [5, 5.41) is 0. The van der Waals surface area contributed by atoms with E-state index in [4.69, 9.17) is 0 Å². The molecule has 0 amide bonds. The summed E-state index contributed by atoms with van der Waals surface area (Å²) in [6, 6.07) is 0. The second kappa shape index (κ2) is 12.5. The van der Waals surface area contributed by atoms with E-state index in [1.54, 1.807) is 0 Å². The van der Waals surface area contributed by atoms with Crippen molar-refractivity contribution >= 4 is 0 Å². The van der Waals surface area contributed by atoms with E-state index in [1.165, 1.54) is 89.0 Å². The van der Waals surface area contributed by atoms with Crippen molar-refractivity contribution in [3.8, 4) is 0 Å². The van der Waals surface area contributed by atoms with Crippen molar-refractivity contribution < 1.29 is 0 Å². The van der Waals surface area contributed by atoms with E-state index < -0.39 is 0 Å². The molecule has 1 radical (unpaired) electrons. The molecular formula is C19H33. The molecule has 0 heteroatoms. The molecule has 1 aliphatic rings. The fourth-order valence-corrected chi connectivity index (χ4v) is 2.78. The fraction of sp³-hybridized carbons (Fsp3) is 0.789. The lowest BCUT2D eigenvalue weighted by Gasteiger charge is -2.03. The standard InChI is InChI=1S/C19H33/c1-2-3-4-5-6-7-8-9-10-11-12-13-16-19-17-14-15-18-19/h14,17H,2-13,15-16H2,1H3. The van der Waals surface area contributed by atoms with Gasteiger partial charge >= 0.3 is 0 Å². The molecule has 0 bridgehead atoms. The molecule has 0 heterocycles. The molecule has 1 rings (SSSR count). The third kappa shape index (κ3) is 9.99. The van der Waals surface area contributed by atoms with Crippen LogP contribution in [0.3, 0.4) is 0 Å². The van der Waals surface area contributed by atoms with Crippen LogP contribution in [-0.4, -0.2) is 0 Å². The van der Waals surface area contributed by atoms with Gasteiger partial charge < -0.3 is 0 Å². The van der Waals surface area contributed by atoms with Gasteiger partial charge in [0.1, 0.15) is 0 Å². The van der Waals surface area contributed by atoms with Crippen LogP contribution < -0.4 is 0 Å². The molecule has 0 saturated carbocycles. The molecule has 0 atom stereocenters. The molecule has 19 heavy (non-hydrogen) atoms. The maximum atomic E-state index is 3.40. The average molecular weight is 261 g/mol. The average Bonchev–Trinajstić information content (AvgIpc) is 2.93. The third-order valence-electron chi connectivity index (χ3n) is 4.07. The van der Waals surface area contributed by atoms with Gasteiger partial charge in [-0.05, 0) is 30.9 Å². The highest BCUT2D eigenvalue weighted by molar-refractivity contribution is 5.21. The van der Waals surface area contributed by atoms with Crippen LogP contribution in [0.1, 0.15) is 96.8 Å². The van der Waals surface area contributed by atoms with Crippen LogP contribution in [0.4, 0.5) is 0 Å². The number of hydrogen-bond acceptors (Lipinski definition) is 0. The quantitative estimate of drug-likeness (QED) is 0.321. The molecule has 0 fully saturated rings. The van der Waals surface area contributed by atoms with Crippen LogP contribution in [0.5, 0.6) is 0 Å². The van der Waals surface area contributed by atoms with Gasteiger partial charge in [0.2, 0.25) is 0 Å². The van der Waals surface area contributed by atoms with Gasteiger partial charge in [0, 0.05) is 0 Å². The van der Waals surface area contributed by atoms with E-state index in [0.29, 0.717) is 0 Å². The summed E-state index contributed by atoms with van der Waals surface area (Å²) < 4.78 is 0. The van der Waals surface area contributed by atoms with Crippen molar-refractivity contribution in [2.24, 2.45) is 0 Å². The van der Waals surface area contributed by atoms with Gasteiger partial charge in [0.25, 0.3) is 0 Å². The normalized spacial score (nSPS) is 14.1. The van der Waals surface area contributed by atoms with Crippen molar-refractivity contribution in [2.75, 3.05) is 0 Å². The Morgan fingerprint density at radius 1 is 0.789 bits per heavy atom. The van der Waals surface area contributed by atoms with E-state index >= 15 is 0 Å². The van der Waals surface area contributed by atoms with Gasteiger partial charge in [-0.25, -0.2) is 0 Å². The molecule has 0 aliphatic heterocycles. The van der Waals surface area contributed by atoms with Crippen molar-refractivity contribution in [1.29, 1.82) is 0 Å². The largest absolute Gasteiger partial charge is 0.0798 e. The Morgan fingerprint density at radius 2 is 1.32 bits per heavy atom. The summed E-state index contributed by atoms with van der Waals surface area (Å²) >= 11 is 0. The Kier molecular flexibility index (Phi) is 10.9. The lowest BCUT2D eigenvalue weighted by Crippen LogP contribution is -1.83. The third-order valence-corrected chi connectivity index (χ3v) is 4.07. The predicted octanol–water partition coefficient (Wildman–Crippen LogP) is 6.77. The number of rotatable bonds is 13. The Hall–Kier alpha value is -0.520. The minimum atomic E-state index is 1.05. The molecule has 1 aliphatic carbocycles. The first-order valence-electron chi connectivity index (χ1n) is 8.69. The summed E-state index contributed by atoms with van der Waals surface area (Å²) in [5.74, 6) is 0. The van der Waals surface area contributed by atoms with Crippen LogP contribution in [-0.2, 0) is 0 Å². The second-order valence-electron chi connectivity index (χ2n) is 5.95. The van der Waals surface area contributed by atoms with E-state index in [1.807, 2.05) is 0 Å². The zero-order valence-electron chi connectivity index (χ0n) is 13.1. The molecule has 0 N–H and O–H groups in total. The van der Waals surface area contributed by atoms with Gasteiger partial charge in [0.15, 0.2) is 0 Å². The Bertz CT molecular complexity index is 247. The summed E-state index contributed by atoms with van der Waals surface area (Å²) in [6.45, 7) is 2.29. The SMILES string of the molecule is CCCCCCCCCCCCCCC1=[C]CC=C1. The summed E-state index contributed by atoms with van der Waals surface area (Å²) in [7, 11) is 0. The van der Waals surface area contributed by atoms with Crippen LogP contribution in [0.25, 0.3) is 0 Å². The fourth-order valence-electron chi connectivity index (χ4n) is 2.78. The van der Waals surface area contributed by atoms with Gasteiger partial charge in [-0.2, -0.15) is 0 Å². The number of allylic oxidation sites excluding steroid dienone is 4. The smallest absolute Gasteiger partial charge is 0.00885 e. The predicted molar refractivity (Wildman–Crippen MR) is 86.2 cm³/mol. The van der Waals surface area contributed by atoms with E-state index in [2.05, 4.69) is 25.2 Å². The van der Waals surface area contributed by atoms with Crippen LogP contribution >= 0.6 is 0 Å². The first-order valence-corrected chi connectivity index (χ1v) is 8.69. The van der Waals surface area contributed by atoms with Crippen molar-refractivity contribution in [3.63, 3.8) is 0 Å². The van der Waals surface area contributed by atoms with Gasteiger partial charge in [-0.15, -0.1) is 0 Å². The van der Waals surface area contributed by atoms with Crippen LogP contribution in [0, 0.1) is 6.08 Å². The van der Waals surface area contributed by atoms with Crippen molar-refractivity contribution in [2.45, 2.75) is 96.8 Å². The minimum Gasteiger partial charge on any atom is -0.0798 e. The summed E-state index contributed by atoms with van der Waals surface area (Å²) in [4.78, 5) is 0. The first kappa shape index (κ1) is 16.5. The molecule has 0 aromatic carbocycles. The van der Waals surface area contributed by atoms with Crippen molar-refractivity contribution in [1.82, 2.24) is 0 Å². The molecular weight excluding hydrogens is 228 g/mol. The second-order valence-corrected chi connectivity index (χ2v) is 5.95. The zero-order valence-corrected chi connectivity index (χ0v) is 13.1.